The second-order valence-corrected chi connectivity index (χ2v) is 7.00. The van der Waals surface area contributed by atoms with Crippen LogP contribution in [-0.4, -0.2) is 33.3 Å². The molecular formula is C18H18ClN3O3S. The van der Waals surface area contributed by atoms with Crippen LogP contribution in [0.15, 0.2) is 39.9 Å². The predicted octanol–water partition coefficient (Wildman–Crippen LogP) is 4.86. The van der Waals surface area contributed by atoms with E-state index in [-0.39, 0.29) is 5.78 Å². The Labute approximate surface area is 160 Å². The lowest BCUT2D eigenvalue weighted by Gasteiger charge is -2.07. The van der Waals surface area contributed by atoms with Crippen molar-refractivity contribution in [2.75, 3.05) is 12.4 Å². The number of carbonyl (C=O) groups excluding carboxylic acids is 1. The Kier molecular flexibility index (Phi) is 6.00. The van der Waals surface area contributed by atoms with Gasteiger partial charge in [-0.1, -0.05) is 30.3 Å². The number of hydrogen-bond acceptors (Lipinski definition) is 6. The molecule has 0 amide bonds. The number of ether oxygens (including phenoxy) is 1. The predicted molar refractivity (Wildman–Crippen MR) is 102 cm³/mol. The van der Waals surface area contributed by atoms with Gasteiger partial charge in [0.1, 0.15) is 17.3 Å². The molecule has 0 aliphatic carbocycles. The van der Waals surface area contributed by atoms with E-state index in [2.05, 4.69) is 15.2 Å². The van der Waals surface area contributed by atoms with Gasteiger partial charge in [0.25, 0.3) is 0 Å². The number of halogens is 1. The molecule has 3 rings (SSSR count). The van der Waals surface area contributed by atoms with Crippen molar-refractivity contribution in [1.82, 2.24) is 15.2 Å². The minimum absolute atomic E-state index is 0.0801. The minimum Gasteiger partial charge on any atom is -0.492 e. The van der Waals surface area contributed by atoms with Crippen LogP contribution in [0.4, 0.5) is 0 Å². The summed E-state index contributed by atoms with van der Waals surface area (Å²) in [5.41, 5.74) is 0.843. The summed E-state index contributed by atoms with van der Waals surface area (Å²) in [6.07, 6.45) is 0.920. The number of aromatic amines is 1. The highest BCUT2D eigenvalue weighted by molar-refractivity contribution is 7.99. The molecule has 6 nitrogen and oxygen atoms in total. The topological polar surface area (TPSA) is 81.0 Å². The molecule has 0 aliphatic rings. The van der Waals surface area contributed by atoms with Crippen LogP contribution in [0.2, 0.25) is 5.02 Å². The Bertz CT molecular complexity index is 907. The van der Waals surface area contributed by atoms with Crippen molar-refractivity contribution in [1.29, 1.82) is 0 Å². The first-order valence-electron chi connectivity index (χ1n) is 8.14. The highest BCUT2D eigenvalue weighted by Crippen LogP contribution is 2.33. The molecule has 0 unspecified atom stereocenters. The summed E-state index contributed by atoms with van der Waals surface area (Å²) in [5.74, 6) is 2.82. The fourth-order valence-electron chi connectivity index (χ4n) is 2.20. The van der Waals surface area contributed by atoms with Crippen molar-refractivity contribution in [3.05, 3.63) is 35.4 Å². The summed E-state index contributed by atoms with van der Waals surface area (Å²) < 4.78 is 11.4. The van der Waals surface area contributed by atoms with Crippen LogP contribution in [0.5, 0.6) is 5.75 Å². The van der Waals surface area contributed by atoms with Gasteiger partial charge >= 0.3 is 0 Å². The molecule has 0 fully saturated rings. The third-order valence-corrected chi connectivity index (χ3v) is 4.70. The lowest BCUT2D eigenvalue weighted by molar-refractivity contribution is -0.114. The van der Waals surface area contributed by atoms with E-state index in [0.29, 0.717) is 45.6 Å². The normalized spacial score (nSPS) is 10.9. The van der Waals surface area contributed by atoms with Gasteiger partial charge < -0.3 is 14.1 Å². The second kappa shape index (κ2) is 8.42. The Balaban J connectivity index is 1.75. The number of benzene rings is 1. The monoisotopic (exact) mass is 391 g/mol. The average molecular weight is 392 g/mol. The van der Waals surface area contributed by atoms with Gasteiger partial charge in [-0.05, 0) is 43.7 Å². The Morgan fingerprint density at radius 2 is 2.08 bits per heavy atom. The molecule has 0 saturated heterocycles. The summed E-state index contributed by atoms with van der Waals surface area (Å²) in [5, 5.41) is 9.18. The second-order valence-electron chi connectivity index (χ2n) is 5.63. The molecule has 1 aromatic carbocycles. The fraction of sp³-hybridized carbons (Fsp3) is 0.278. The SMILES string of the molecule is CCCOc1ccc(-c2ccc(-c3nnc(SCC(C)=O)[nH]3)o2)cc1Cl. The molecule has 136 valence electrons. The smallest absolute Gasteiger partial charge is 0.197 e. The van der Waals surface area contributed by atoms with Crippen LogP contribution >= 0.6 is 23.4 Å². The third-order valence-electron chi connectivity index (χ3n) is 3.40. The molecule has 1 N–H and O–H groups in total. The number of ketones is 1. The van der Waals surface area contributed by atoms with Gasteiger partial charge in [-0.2, -0.15) is 0 Å². The molecule has 0 aliphatic heterocycles. The quantitative estimate of drug-likeness (QED) is 0.552. The molecule has 26 heavy (non-hydrogen) atoms. The maximum absolute atomic E-state index is 11.0. The van der Waals surface area contributed by atoms with Crippen LogP contribution in [0.25, 0.3) is 22.9 Å². The third kappa shape index (κ3) is 4.47. The Hall–Kier alpha value is -2.25. The first-order valence-corrected chi connectivity index (χ1v) is 9.51. The standard InChI is InChI=1S/C18H18ClN3O3S/c1-3-8-24-15-5-4-12(9-13(15)19)14-6-7-16(25-14)17-20-18(22-21-17)26-10-11(2)23/h4-7,9H,3,8,10H2,1-2H3,(H,20,21,22). The fourth-order valence-corrected chi connectivity index (χ4v) is 3.04. The van der Waals surface area contributed by atoms with Gasteiger partial charge in [-0.3, -0.25) is 4.79 Å². The van der Waals surface area contributed by atoms with Gasteiger partial charge in [0.15, 0.2) is 16.7 Å². The summed E-state index contributed by atoms with van der Waals surface area (Å²) in [6, 6.07) is 9.20. The van der Waals surface area contributed by atoms with Crippen molar-refractivity contribution < 1.29 is 13.9 Å². The Morgan fingerprint density at radius 3 is 2.81 bits per heavy atom. The van der Waals surface area contributed by atoms with Crippen molar-refractivity contribution in [3.63, 3.8) is 0 Å². The van der Waals surface area contributed by atoms with Crippen LogP contribution < -0.4 is 4.74 Å². The minimum atomic E-state index is 0.0801. The lowest BCUT2D eigenvalue weighted by atomic mass is 10.1. The summed E-state index contributed by atoms with van der Waals surface area (Å²) in [4.78, 5) is 14.1. The number of nitrogens with one attached hydrogen (secondary N) is 1. The van der Waals surface area contributed by atoms with E-state index in [1.807, 2.05) is 37.3 Å². The van der Waals surface area contributed by atoms with Crippen LogP contribution in [0.3, 0.4) is 0 Å². The molecular weight excluding hydrogens is 374 g/mol. The molecule has 0 radical (unpaired) electrons. The molecule has 2 aromatic heterocycles. The number of Topliss-reactive ketones (excluding diaryl/α,β-unsaturated/α-hetero) is 1. The van der Waals surface area contributed by atoms with Gasteiger partial charge in [0, 0.05) is 5.56 Å². The van der Waals surface area contributed by atoms with Crippen LogP contribution in [0, 0.1) is 0 Å². The maximum Gasteiger partial charge on any atom is 0.197 e. The molecule has 0 atom stereocenters. The average Bonchev–Trinajstić information content (AvgIpc) is 3.28. The number of carbonyl (C=O) groups is 1. The molecule has 3 aromatic rings. The van der Waals surface area contributed by atoms with E-state index < -0.39 is 0 Å². The Morgan fingerprint density at radius 1 is 1.27 bits per heavy atom. The van der Waals surface area contributed by atoms with Gasteiger partial charge in [-0.25, -0.2) is 0 Å². The van der Waals surface area contributed by atoms with E-state index >= 15 is 0 Å². The number of aromatic nitrogens is 3. The van der Waals surface area contributed by atoms with Crippen LogP contribution in [0.1, 0.15) is 20.3 Å². The van der Waals surface area contributed by atoms with Crippen LogP contribution in [-0.2, 0) is 4.79 Å². The summed E-state index contributed by atoms with van der Waals surface area (Å²) >= 11 is 7.58. The first-order chi connectivity index (χ1) is 12.6. The number of H-pyrrole nitrogens is 1. The van der Waals surface area contributed by atoms with E-state index in [1.165, 1.54) is 18.7 Å². The number of furan rings is 1. The van der Waals surface area contributed by atoms with Gasteiger partial charge in [0.2, 0.25) is 0 Å². The number of thioether (sulfide) groups is 1. The zero-order valence-corrected chi connectivity index (χ0v) is 16.0. The molecule has 0 saturated carbocycles. The van der Waals surface area contributed by atoms with Gasteiger partial charge in [-0.15, -0.1) is 10.2 Å². The van der Waals surface area contributed by atoms with E-state index in [1.54, 1.807) is 0 Å². The lowest BCUT2D eigenvalue weighted by Crippen LogP contribution is -1.95. The van der Waals surface area contributed by atoms with E-state index in [0.717, 1.165) is 12.0 Å². The van der Waals surface area contributed by atoms with E-state index in [9.17, 15) is 4.79 Å². The van der Waals surface area contributed by atoms with Gasteiger partial charge in [0.05, 0.1) is 17.4 Å². The maximum atomic E-state index is 11.0. The number of hydrogen-bond donors (Lipinski definition) is 1. The highest BCUT2D eigenvalue weighted by Gasteiger charge is 2.13. The van der Waals surface area contributed by atoms with Crippen molar-refractivity contribution in [2.45, 2.75) is 25.4 Å². The van der Waals surface area contributed by atoms with Crippen molar-refractivity contribution in [2.24, 2.45) is 0 Å². The molecule has 8 heteroatoms. The number of rotatable bonds is 8. The zero-order chi connectivity index (χ0) is 18.5. The summed E-state index contributed by atoms with van der Waals surface area (Å²) in [6.45, 7) is 4.20. The molecule has 2 heterocycles. The largest absolute Gasteiger partial charge is 0.492 e. The van der Waals surface area contributed by atoms with Crippen molar-refractivity contribution in [3.8, 4) is 28.7 Å². The highest BCUT2D eigenvalue weighted by atomic mass is 35.5. The van der Waals surface area contributed by atoms with E-state index in [4.69, 9.17) is 20.8 Å². The molecule has 0 bridgehead atoms. The summed E-state index contributed by atoms with van der Waals surface area (Å²) in [7, 11) is 0. The first kappa shape index (κ1) is 18.5. The number of nitrogens with zero attached hydrogens (tertiary/aromatic N) is 2. The van der Waals surface area contributed by atoms with Crippen molar-refractivity contribution >= 4 is 29.1 Å². The molecule has 0 spiro atoms. The zero-order valence-electron chi connectivity index (χ0n) is 14.4.